The number of hydrogen-bond donors (Lipinski definition) is 1. The van der Waals surface area contributed by atoms with Crippen LogP contribution < -0.4 is 5.32 Å². The Hall–Kier alpha value is -1.91. The average Bonchev–Trinajstić information content (AvgIpc) is 3.11. The molecule has 0 bridgehead atoms. The summed E-state index contributed by atoms with van der Waals surface area (Å²) in [6, 6.07) is 8.50. The zero-order valence-electron chi connectivity index (χ0n) is 14.5. The van der Waals surface area contributed by atoms with Gasteiger partial charge in [0.15, 0.2) is 4.34 Å². The number of amides is 1. The molecule has 1 unspecified atom stereocenters. The van der Waals surface area contributed by atoms with Crippen molar-refractivity contribution in [1.29, 1.82) is 5.26 Å². The van der Waals surface area contributed by atoms with Crippen molar-refractivity contribution in [2.45, 2.75) is 54.2 Å². The molecule has 1 atom stereocenters. The Morgan fingerprint density at radius 1 is 1.35 bits per heavy atom. The molecule has 4 nitrogen and oxygen atoms in total. The lowest BCUT2D eigenvalue weighted by atomic mass is 9.83. The van der Waals surface area contributed by atoms with Crippen LogP contribution in [0.15, 0.2) is 34.0 Å². The van der Waals surface area contributed by atoms with Crippen LogP contribution in [-0.4, -0.2) is 21.7 Å². The quantitative estimate of drug-likeness (QED) is 0.748. The predicted molar refractivity (Wildman–Crippen MR) is 102 cm³/mol. The Balaban J connectivity index is 1.62. The number of nitriles is 1. The molecule has 7 heteroatoms. The molecule has 1 fully saturated rings. The van der Waals surface area contributed by atoms with Gasteiger partial charge in [0.05, 0.1) is 17.0 Å². The van der Waals surface area contributed by atoms with Crippen molar-refractivity contribution in [3.63, 3.8) is 0 Å². The van der Waals surface area contributed by atoms with E-state index < -0.39 is 5.54 Å². The Morgan fingerprint density at radius 3 is 2.69 bits per heavy atom. The van der Waals surface area contributed by atoms with E-state index in [-0.39, 0.29) is 17.0 Å². The fraction of sp³-hybridized carbons (Fsp3) is 0.421. The summed E-state index contributed by atoms with van der Waals surface area (Å²) in [5, 5.41) is 14.0. The summed E-state index contributed by atoms with van der Waals surface area (Å²) in [4.78, 5) is 17.1. The third-order valence-corrected chi connectivity index (χ3v) is 6.63. The molecule has 1 heterocycles. The molecule has 3 rings (SSSR count). The van der Waals surface area contributed by atoms with Crippen LogP contribution >= 0.6 is 23.1 Å². The number of carbonyl (C=O) groups is 1. The number of rotatable bonds is 5. The van der Waals surface area contributed by atoms with E-state index in [0.717, 1.165) is 47.7 Å². The third kappa shape index (κ3) is 4.43. The molecule has 1 aromatic heterocycles. The van der Waals surface area contributed by atoms with Gasteiger partial charge in [0, 0.05) is 10.9 Å². The fourth-order valence-electron chi connectivity index (χ4n) is 3.03. The molecule has 1 saturated carbocycles. The van der Waals surface area contributed by atoms with E-state index in [1.807, 2.05) is 12.3 Å². The van der Waals surface area contributed by atoms with Crippen molar-refractivity contribution in [1.82, 2.24) is 10.3 Å². The highest BCUT2D eigenvalue weighted by molar-refractivity contribution is 8.02. The number of hydrogen-bond acceptors (Lipinski definition) is 5. The first-order valence-electron chi connectivity index (χ1n) is 8.63. The first-order valence-corrected chi connectivity index (χ1v) is 10.4. The van der Waals surface area contributed by atoms with Gasteiger partial charge in [0.2, 0.25) is 5.91 Å². The molecule has 2 aromatic rings. The smallest absolute Gasteiger partial charge is 0.234 e. The van der Waals surface area contributed by atoms with Crippen molar-refractivity contribution < 1.29 is 9.18 Å². The summed E-state index contributed by atoms with van der Waals surface area (Å²) in [5.74, 6) is -0.407. The van der Waals surface area contributed by atoms with Crippen molar-refractivity contribution >= 4 is 29.0 Å². The summed E-state index contributed by atoms with van der Waals surface area (Å²) < 4.78 is 13.8. The van der Waals surface area contributed by atoms with Crippen LogP contribution in [0.5, 0.6) is 0 Å². The van der Waals surface area contributed by atoms with Gasteiger partial charge in [0.25, 0.3) is 0 Å². The van der Waals surface area contributed by atoms with Gasteiger partial charge in [-0.2, -0.15) is 5.26 Å². The minimum Gasteiger partial charge on any atom is -0.337 e. The topological polar surface area (TPSA) is 65.8 Å². The van der Waals surface area contributed by atoms with E-state index in [0.29, 0.717) is 0 Å². The first-order chi connectivity index (χ1) is 12.5. The summed E-state index contributed by atoms with van der Waals surface area (Å²) >= 11 is 2.84. The van der Waals surface area contributed by atoms with Crippen LogP contribution in [0.4, 0.5) is 4.39 Å². The number of nitrogens with zero attached hydrogens (tertiary/aromatic N) is 2. The molecular formula is C19H20FN3OS2. The molecule has 0 aliphatic heterocycles. The van der Waals surface area contributed by atoms with Gasteiger partial charge >= 0.3 is 0 Å². The van der Waals surface area contributed by atoms with Crippen molar-refractivity contribution in [2.75, 3.05) is 0 Å². The van der Waals surface area contributed by atoms with Crippen LogP contribution in [0, 0.1) is 17.1 Å². The van der Waals surface area contributed by atoms with Gasteiger partial charge in [-0.3, -0.25) is 4.79 Å². The first kappa shape index (κ1) is 18.9. The number of thioether (sulfide) groups is 1. The minimum absolute atomic E-state index is 0.128. The number of benzene rings is 1. The monoisotopic (exact) mass is 389 g/mol. The van der Waals surface area contributed by atoms with Gasteiger partial charge in [-0.05, 0) is 44.0 Å². The van der Waals surface area contributed by atoms with Crippen LogP contribution in [0.1, 0.15) is 39.0 Å². The Kier molecular flexibility index (Phi) is 5.94. The highest BCUT2D eigenvalue weighted by Crippen LogP contribution is 2.32. The summed E-state index contributed by atoms with van der Waals surface area (Å²) in [5.41, 5.74) is 0.898. The van der Waals surface area contributed by atoms with Gasteiger partial charge in [-0.25, -0.2) is 9.37 Å². The van der Waals surface area contributed by atoms with Gasteiger partial charge in [-0.15, -0.1) is 11.3 Å². The highest BCUT2D eigenvalue weighted by atomic mass is 32.2. The second kappa shape index (κ2) is 8.19. The number of carbonyl (C=O) groups excluding carboxylic acids is 1. The Morgan fingerprint density at radius 2 is 2.04 bits per heavy atom. The van der Waals surface area contributed by atoms with E-state index in [4.69, 9.17) is 0 Å². The van der Waals surface area contributed by atoms with Crippen molar-refractivity contribution in [2.24, 2.45) is 0 Å². The van der Waals surface area contributed by atoms with Gasteiger partial charge in [-0.1, -0.05) is 31.0 Å². The van der Waals surface area contributed by atoms with Crippen LogP contribution in [-0.2, 0) is 4.79 Å². The number of halogens is 1. The van der Waals surface area contributed by atoms with Gasteiger partial charge < -0.3 is 5.32 Å². The molecule has 1 aliphatic rings. The summed E-state index contributed by atoms with van der Waals surface area (Å²) in [7, 11) is 0. The van der Waals surface area contributed by atoms with E-state index in [2.05, 4.69) is 16.4 Å². The van der Waals surface area contributed by atoms with Crippen molar-refractivity contribution in [3.05, 3.63) is 35.5 Å². The average molecular weight is 390 g/mol. The molecule has 0 spiro atoms. The van der Waals surface area contributed by atoms with Crippen LogP contribution in [0.25, 0.3) is 11.3 Å². The fourth-order valence-corrected chi connectivity index (χ4v) is 5.00. The Labute approximate surface area is 160 Å². The lowest BCUT2D eigenvalue weighted by molar-refractivity contribution is -0.121. The zero-order chi connectivity index (χ0) is 18.6. The predicted octanol–water partition coefficient (Wildman–Crippen LogP) is 4.77. The molecule has 1 aromatic carbocycles. The lowest BCUT2D eigenvalue weighted by Crippen LogP contribution is -2.50. The molecular weight excluding hydrogens is 369 g/mol. The maximum atomic E-state index is 13.0. The molecule has 1 N–H and O–H groups in total. The van der Waals surface area contributed by atoms with E-state index in [9.17, 15) is 14.4 Å². The zero-order valence-corrected chi connectivity index (χ0v) is 16.1. The molecule has 136 valence electrons. The maximum absolute atomic E-state index is 13.0. The van der Waals surface area contributed by atoms with Crippen LogP contribution in [0.3, 0.4) is 0 Å². The third-order valence-electron chi connectivity index (χ3n) is 4.55. The normalized spacial score (nSPS) is 17.3. The number of nitrogens with one attached hydrogen (secondary N) is 1. The number of thiazole rings is 1. The summed E-state index contributed by atoms with van der Waals surface area (Å²) in [6.07, 6.45) is 4.51. The SMILES string of the molecule is CC(Sc1nc(-c2ccc(F)cc2)cs1)C(=O)NC1(C#N)CCCCC1. The Bertz CT molecular complexity index is 807. The highest BCUT2D eigenvalue weighted by Gasteiger charge is 2.35. The molecule has 1 amide bonds. The number of aromatic nitrogens is 1. The van der Waals surface area contributed by atoms with Crippen molar-refractivity contribution in [3.8, 4) is 17.3 Å². The van der Waals surface area contributed by atoms with E-state index in [1.165, 1.54) is 35.2 Å². The largest absolute Gasteiger partial charge is 0.337 e. The molecule has 26 heavy (non-hydrogen) atoms. The summed E-state index contributed by atoms with van der Waals surface area (Å²) in [6.45, 7) is 1.83. The molecule has 0 radical (unpaired) electrons. The lowest BCUT2D eigenvalue weighted by Gasteiger charge is -2.32. The minimum atomic E-state index is -0.716. The molecule has 0 saturated heterocycles. The van der Waals surface area contributed by atoms with E-state index >= 15 is 0 Å². The van der Waals surface area contributed by atoms with Gasteiger partial charge in [0.1, 0.15) is 11.4 Å². The second-order valence-electron chi connectivity index (χ2n) is 6.51. The van der Waals surface area contributed by atoms with Crippen LogP contribution in [0.2, 0.25) is 0 Å². The standard InChI is InChI=1S/C19H20FN3OS2/c1-13(17(24)23-19(12-21)9-3-2-4-10-19)26-18-22-16(11-25-18)14-5-7-15(20)8-6-14/h5-8,11,13H,2-4,9-10H2,1H3,(H,23,24). The maximum Gasteiger partial charge on any atom is 0.234 e. The second-order valence-corrected chi connectivity index (χ2v) is 8.96. The molecule has 1 aliphatic carbocycles. The van der Waals surface area contributed by atoms with E-state index in [1.54, 1.807) is 12.1 Å².